The summed E-state index contributed by atoms with van der Waals surface area (Å²) < 4.78 is 0. The number of anilines is 1. The van der Waals surface area contributed by atoms with E-state index < -0.39 is 0 Å². The highest BCUT2D eigenvalue weighted by Crippen LogP contribution is 2.12. The number of rotatable bonds is 8. The van der Waals surface area contributed by atoms with Crippen LogP contribution in [0.3, 0.4) is 0 Å². The Kier molecular flexibility index (Phi) is 6.98. The Morgan fingerprint density at radius 2 is 2.06 bits per heavy atom. The van der Waals surface area contributed by atoms with Crippen molar-refractivity contribution in [2.75, 3.05) is 32.5 Å². The average Bonchev–Trinajstić information content (AvgIpc) is 2.28. The van der Waals surface area contributed by atoms with Crippen molar-refractivity contribution >= 4 is 17.4 Å². The van der Waals surface area contributed by atoms with E-state index in [1.54, 1.807) is 6.07 Å². The highest BCUT2D eigenvalue weighted by Gasteiger charge is 2.02. The Balaban J connectivity index is 2.37. The fraction of sp³-hybridized carbons (Fsp3) is 0.692. The summed E-state index contributed by atoms with van der Waals surface area (Å²) in [7, 11) is 4.18. The SMILES string of the molecule is CCCc1nc(Cl)cc(NCCCCN(C)C)n1. The maximum absolute atomic E-state index is 5.97. The van der Waals surface area contributed by atoms with E-state index >= 15 is 0 Å². The lowest BCUT2D eigenvalue weighted by Crippen LogP contribution is -2.14. The first-order chi connectivity index (χ1) is 8.61. The van der Waals surface area contributed by atoms with Gasteiger partial charge in [-0.05, 0) is 39.9 Å². The van der Waals surface area contributed by atoms with Gasteiger partial charge in [0, 0.05) is 19.0 Å². The number of nitrogens with one attached hydrogen (secondary N) is 1. The highest BCUT2D eigenvalue weighted by molar-refractivity contribution is 6.29. The minimum atomic E-state index is 0.518. The van der Waals surface area contributed by atoms with Gasteiger partial charge in [0.1, 0.15) is 16.8 Å². The van der Waals surface area contributed by atoms with Crippen LogP contribution in [-0.4, -0.2) is 42.1 Å². The number of aryl methyl sites for hydroxylation is 1. The van der Waals surface area contributed by atoms with Gasteiger partial charge in [-0.2, -0.15) is 0 Å². The molecule has 0 saturated heterocycles. The molecule has 0 bridgehead atoms. The summed E-state index contributed by atoms with van der Waals surface area (Å²) in [6, 6.07) is 1.78. The number of hydrogen-bond acceptors (Lipinski definition) is 4. The molecule has 0 aliphatic rings. The third-order valence-electron chi connectivity index (χ3n) is 2.55. The Morgan fingerprint density at radius 3 is 2.72 bits per heavy atom. The third kappa shape index (κ3) is 6.17. The minimum absolute atomic E-state index is 0.518. The lowest BCUT2D eigenvalue weighted by atomic mass is 10.3. The summed E-state index contributed by atoms with van der Waals surface area (Å²) >= 11 is 5.97. The molecule has 0 aliphatic carbocycles. The Morgan fingerprint density at radius 1 is 1.28 bits per heavy atom. The molecule has 0 saturated carbocycles. The fourth-order valence-electron chi connectivity index (χ4n) is 1.66. The monoisotopic (exact) mass is 270 g/mol. The highest BCUT2D eigenvalue weighted by atomic mass is 35.5. The smallest absolute Gasteiger partial charge is 0.134 e. The van der Waals surface area contributed by atoms with Crippen LogP contribution in [-0.2, 0) is 6.42 Å². The molecular formula is C13H23ClN4. The van der Waals surface area contributed by atoms with E-state index in [9.17, 15) is 0 Å². The molecule has 0 radical (unpaired) electrons. The topological polar surface area (TPSA) is 41.1 Å². The van der Waals surface area contributed by atoms with Gasteiger partial charge in [0.2, 0.25) is 0 Å². The molecule has 0 amide bonds. The molecule has 0 unspecified atom stereocenters. The van der Waals surface area contributed by atoms with E-state index in [4.69, 9.17) is 11.6 Å². The van der Waals surface area contributed by atoms with Gasteiger partial charge in [-0.15, -0.1) is 0 Å². The third-order valence-corrected chi connectivity index (χ3v) is 2.75. The summed E-state index contributed by atoms with van der Waals surface area (Å²) in [5.74, 6) is 1.66. The van der Waals surface area contributed by atoms with Gasteiger partial charge in [0.15, 0.2) is 0 Å². The van der Waals surface area contributed by atoms with E-state index in [0.29, 0.717) is 5.15 Å². The molecule has 0 spiro atoms. The zero-order valence-corrected chi connectivity index (χ0v) is 12.3. The van der Waals surface area contributed by atoms with Crippen LogP contribution in [0.1, 0.15) is 32.0 Å². The molecule has 0 fully saturated rings. The molecule has 18 heavy (non-hydrogen) atoms. The van der Waals surface area contributed by atoms with Gasteiger partial charge in [-0.25, -0.2) is 9.97 Å². The lowest BCUT2D eigenvalue weighted by Gasteiger charge is -2.10. The van der Waals surface area contributed by atoms with E-state index in [1.165, 1.54) is 6.42 Å². The summed E-state index contributed by atoms with van der Waals surface area (Å²) in [6.07, 6.45) is 4.21. The zero-order valence-electron chi connectivity index (χ0n) is 11.5. The summed E-state index contributed by atoms with van der Waals surface area (Å²) in [4.78, 5) is 10.8. The van der Waals surface area contributed by atoms with E-state index in [1.807, 2.05) is 0 Å². The average molecular weight is 271 g/mol. The number of hydrogen-bond donors (Lipinski definition) is 1. The molecule has 4 nitrogen and oxygen atoms in total. The molecule has 1 rings (SSSR count). The first-order valence-electron chi connectivity index (χ1n) is 6.54. The van der Waals surface area contributed by atoms with Crippen molar-refractivity contribution < 1.29 is 0 Å². The second-order valence-electron chi connectivity index (χ2n) is 4.68. The van der Waals surface area contributed by atoms with Crippen molar-refractivity contribution in [2.24, 2.45) is 0 Å². The first kappa shape index (κ1) is 15.2. The standard InChI is InChI=1S/C13H23ClN4/c1-4-7-12-16-11(14)10-13(17-12)15-8-5-6-9-18(2)3/h10H,4-9H2,1-3H3,(H,15,16,17). The zero-order chi connectivity index (χ0) is 13.4. The van der Waals surface area contributed by atoms with Crippen LogP contribution in [0.4, 0.5) is 5.82 Å². The summed E-state index contributed by atoms with van der Waals surface area (Å²) in [5.41, 5.74) is 0. The Bertz CT molecular complexity index is 355. The second-order valence-corrected chi connectivity index (χ2v) is 5.07. The van der Waals surface area contributed by atoms with Gasteiger partial charge in [0.25, 0.3) is 0 Å². The lowest BCUT2D eigenvalue weighted by molar-refractivity contribution is 0.396. The Hall–Kier alpha value is -0.870. The van der Waals surface area contributed by atoms with Crippen LogP contribution >= 0.6 is 11.6 Å². The van der Waals surface area contributed by atoms with E-state index in [-0.39, 0.29) is 0 Å². The number of aromatic nitrogens is 2. The van der Waals surface area contributed by atoms with Gasteiger partial charge < -0.3 is 10.2 Å². The molecule has 0 atom stereocenters. The van der Waals surface area contributed by atoms with Crippen molar-refractivity contribution in [1.82, 2.24) is 14.9 Å². The van der Waals surface area contributed by atoms with Gasteiger partial charge in [0.05, 0.1) is 0 Å². The van der Waals surface area contributed by atoms with Gasteiger partial charge >= 0.3 is 0 Å². The maximum atomic E-state index is 5.97. The predicted octanol–water partition coefficient (Wildman–Crippen LogP) is 2.84. The normalized spacial score (nSPS) is 10.9. The molecule has 1 heterocycles. The molecular weight excluding hydrogens is 248 g/mol. The molecule has 1 aromatic rings. The predicted molar refractivity (Wildman–Crippen MR) is 77.3 cm³/mol. The van der Waals surface area contributed by atoms with E-state index in [0.717, 1.165) is 44.0 Å². The van der Waals surface area contributed by atoms with Crippen molar-refractivity contribution in [3.05, 3.63) is 17.0 Å². The molecule has 0 aromatic carbocycles. The van der Waals surface area contributed by atoms with Crippen LogP contribution in [0.2, 0.25) is 5.15 Å². The largest absolute Gasteiger partial charge is 0.370 e. The van der Waals surface area contributed by atoms with Crippen LogP contribution in [0.15, 0.2) is 6.07 Å². The van der Waals surface area contributed by atoms with Crippen LogP contribution in [0.5, 0.6) is 0 Å². The minimum Gasteiger partial charge on any atom is -0.370 e. The summed E-state index contributed by atoms with van der Waals surface area (Å²) in [5, 5.41) is 3.82. The second kappa shape index (κ2) is 8.27. The number of nitrogens with zero attached hydrogens (tertiary/aromatic N) is 3. The molecule has 1 aromatic heterocycles. The van der Waals surface area contributed by atoms with Crippen LogP contribution in [0.25, 0.3) is 0 Å². The van der Waals surface area contributed by atoms with Crippen molar-refractivity contribution in [3.8, 4) is 0 Å². The molecule has 0 aliphatic heterocycles. The van der Waals surface area contributed by atoms with Crippen LogP contribution in [0, 0.1) is 0 Å². The van der Waals surface area contributed by atoms with Crippen molar-refractivity contribution in [2.45, 2.75) is 32.6 Å². The maximum Gasteiger partial charge on any atom is 0.134 e. The summed E-state index contributed by atoms with van der Waals surface area (Å²) in [6.45, 7) is 4.15. The molecule has 5 heteroatoms. The first-order valence-corrected chi connectivity index (χ1v) is 6.91. The molecule has 1 N–H and O–H groups in total. The van der Waals surface area contributed by atoms with Crippen molar-refractivity contribution in [1.29, 1.82) is 0 Å². The number of unbranched alkanes of at least 4 members (excludes halogenated alkanes) is 1. The molecule has 102 valence electrons. The van der Waals surface area contributed by atoms with E-state index in [2.05, 4.69) is 41.2 Å². The van der Waals surface area contributed by atoms with Crippen LogP contribution < -0.4 is 5.32 Å². The van der Waals surface area contributed by atoms with Gasteiger partial charge in [-0.3, -0.25) is 0 Å². The fourth-order valence-corrected chi connectivity index (χ4v) is 1.86. The number of halogens is 1. The van der Waals surface area contributed by atoms with Crippen molar-refractivity contribution in [3.63, 3.8) is 0 Å². The Labute approximate surface area is 115 Å². The van der Waals surface area contributed by atoms with Gasteiger partial charge in [-0.1, -0.05) is 18.5 Å². The quantitative estimate of drug-likeness (QED) is 0.583.